The fourth-order valence-electron chi connectivity index (χ4n) is 2.74. The lowest BCUT2D eigenvalue weighted by Crippen LogP contribution is -2.32. The molecule has 1 atom stereocenters. The van der Waals surface area contributed by atoms with Crippen LogP contribution in [0.5, 0.6) is 17.2 Å². The van der Waals surface area contributed by atoms with Crippen molar-refractivity contribution in [3.8, 4) is 17.2 Å². The minimum Gasteiger partial charge on any atom is -0.497 e. The Kier molecular flexibility index (Phi) is 4.34. The molecule has 0 aromatic heterocycles. The lowest BCUT2D eigenvalue weighted by Gasteiger charge is -2.24. The van der Waals surface area contributed by atoms with Crippen LogP contribution in [-0.2, 0) is 9.59 Å². The summed E-state index contributed by atoms with van der Waals surface area (Å²) in [4.78, 5) is 25.5. The molecule has 0 fully saturated rings. The maximum Gasteiger partial charge on any atom is 0.238 e. The first-order chi connectivity index (χ1) is 12.6. The van der Waals surface area contributed by atoms with E-state index in [0.29, 0.717) is 22.9 Å². The first kappa shape index (κ1) is 16.6. The molecule has 8 heteroatoms. The zero-order chi connectivity index (χ0) is 18.1. The monoisotopic (exact) mass is 372 g/mol. The van der Waals surface area contributed by atoms with Gasteiger partial charge < -0.3 is 24.8 Å². The molecule has 0 radical (unpaired) electrons. The number of carbonyl (C=O) groups is 2. The van der Waals surface area contributed by atoms with Crippen molar-refractivity contribution in [3.63, 3.8) is 0 Å². The Balaban J connectivity index is 1.43. The van der Waals surface area contributed by atoms with Crippen molar-refractivity contribution in [2.45, 2.75) is 16.6 Å². The van der Waals surface area contributed by atoms with Crippen LogP contribution in [0.3, 0.4) is 0 Å². The molecule has 2 aliphatic heterocycles. The van der Waals surface area contributed by atoms with Gasteiger partial charge in [-0.3, -0.25) is 9.59 Å². The Bertz CT molecular complexity index is 886. The molecule has 2 heterocycles. The molecule has 2 aromatic carbocycles. The van der Waals surface area contributed by atoms with Crippen molar-refractivity contribution in [1.29, 1.82) is 0 Å². The van der Waals surface area contributed by atoms with Gasteiger partial charge in [0.05, 0.1) is 18.0 Å². The third-order valence-corrected chi connectivity index (χ3v) is 5.29. The molecule has 7 nitrogen and oxygen atoms in total. The van der Waals surface area contributed by atoms with Crippen LogP contribution in [0, 0.1) is 0 Å². The topological polar surface area (TPSA) is 85.9 Å². The Hall–Kier alpha value is -2.87. The predicted molar refractivity (Wildman–Crippen MR) is 97.1 cm³/mol. The number of thioether (sulfide) groups is 1. The average Bonchev–Trinajstić information content (AvgIpc) is 3.09. The number of hydrogen-bond donors (Lipinski definition) is 2. The number of methoxy groups -OCH3 is 1. The first-order valence-corrected chi connectivity index (χ1v) is 8.85. The Morgan fingerprint density at radius 1 is 1.27 bits per heavy atom. The Morgan fingerprint density at radius 3 is 2.96 bits per heavy atom. The average molecular weight is 372 g/mol. The fourth-order valence-corrected chi connectivity index (χ4v) is 3.88. The molecule has 0 bridgehead atoms. The second kappa shape index (κ2) is 6.80. The van der Waals surface area contributed by atoms with Crippen LogP contribution in [-0.4, -0.2) is 31.0 Å². The molecule has 134 valence electrons. The van der Waals surface area contributed by atoms with Crippen LogP contribution in [0.1, 0.15) is 6.42 Å². The molecular weight excluding hydrogens is 356 g/mol. The third-order valence-electron chi connectivity index (χ3n) is 4.04. The Labute approximate surface area is 154 Å². The predicted octanol–water partition coefficient (Wildman–Crippen LogP) is 2.87. The lowest BCUT2D eigenvalue weighted by atomic mass is 10.2. The molecule has 0 aliphatic carbocycles. The van der Waals surface area contributed by atoms with Gasteiger partial charge in [0.25, 0.3) is 0 Å². The molecule has 2 amide bonds. The summed E-state index contributed by atoms with van der Waals surface area (Å²) in [5.74, 6) is 1.51. The fraction of sp³-hybridized carbons (Fsp3) is 0.222. The molecule has 0 saturated carbocycles. The molecular formula is C18H16N2O5S. The van der Waals surface area contributed by atoms with Gasteiger partial charge in [-0.05, 0) is 30.3 Å². The summed E-state index contributed by atoms with van der Waals surface area (Å²) in [5.41, 5.74) is 1.33. The zero-order valence-electron chi connectivity index (χ0n) is 13.9. The van der Waals surface area contributed by atoms with Gasteiger partial charge in [-0.15, -0.1) is 11.8 Å². The maximum absolute atomic E-state index is 12.4. The first-order valence-electron chi connectivity index (χ1n) is 7.97. The van der Waals surface area contributed by atoms with Gasteiger partial charge in [-0.1, -0.05) is 0 Å². The van der Waals surface area contributed by atoms with Crippen molar-refractivity contribution in [2.24, 2.45) is 0 Å². The molecule has 0 saturated heterocycles. The standard InChI is InChI=1S/C18H16N2O5S/c1-23-11-3-4-12-15(7-11)26-16(18(22)20-12)8-17(21)19-10-2-5-13-14(6-10)25-9-24-13/h2-7,16H,8-9H2,1H3,(H,19,21)(H,20,22)/t16-/m0/s1. The zero-order valence-corrected chi connectivity index (χ0v) is 14.7. The molecule has 2 N–H and O–H groups in total. The van der Waals surface area contributed by atoms with Gasteiger partial charge in [0.2, 0.25) is 18.6 Å². The SMILES string of the molecule is COc1ccc2c(c1)S[C@@H](CC(=O)Nc1ccc3c(c1)OCO3)C(=O)N2. The van der Waals surface area contributed by atoms with Crippen molar-refractivity contribution in [3.05, 3.63) is 36.4 Å². The van der Waals surface area contributed by atoms with Crippen LogP contribution in [0.4, 0.5) is 11.4 Å². The van der Waals surface area contributed by atoms with Crippen LogP contribution >= 0.6 is 11.8 Å². The number of ether oxygens (including phenoxy) is 3. The second-order valence-corrected chi connectivity index (χ2v) is 7.02. The molecule has 2 aliphatic rings. The van der Waals surface area contributed by atoms with Crippen LogP contribution in [0.25, 0.3) is 0 Å². The van der Waals surface area contributed by atoms with Gasteiger partial charge in [0.15, 0.2) is 11.5 Å². The largest absolute Gasteiger partial charge is 0.497 e. The van der Waals surface area contributed by atoms with Gasteiger partial charge in [-0.25, -0.2) is 0 Å². The quantitative estimate of drug-likeness (QED) is 0.858. The van der Waals surface area contributed by atoms with E-state index in [1.54, 1.807) is 37.4 Å². The number of fused-ring (bicyclic) bond motifs is 2. The number of benzene rings is 2. The van der Waals surface area contributed by atoms with Crippen molar-refractivity contribution >= 4 is 35.0 Å². The van der Waals surface area contributed by atoms with Crippen LogP contribution in [0.2, 0.25) is 0 Å². The highest BCUT2D eigenvalue weighted by molar-refractivity contribution is 8.01. The van der Waals surface area contributed by atoms with Crippen molar-refractivity contribution in [1.82, 2.24) is 0 Å². The number of nitrogens with one attached hydrogen (secondary N) is 2. The summed E-state index contributed by atoms with van der Waals surface area (Å²) in [5, 5.41) is 5.12. The van der Waals surface area contributed by atoms with E-state index in [-0.39, 0.29) is 25.0 Å². The van der Waals surface area contributed by atoms with E-state index >= 15 is 0 Å². The lowest BCUT2D eigenvalue weighted by molar-refractivity contribution is -0.120. The number of anilines is 2. The van der Waals surface area contributed by atoms with Gasteiger partial charge in [0.1, 0.15) is 5.75 Å². The molecule has 0 spiro atoms. The summed E-state index contributed by atoms with van der Waals surface area (Å²) in [6.07, 6.45) is 0.0571. The maximum atomic E-state index is 12.4. The summed E-state index contributed by atoms with van der Waals surface area (Å²) < 4.78 is 15.8. The minimum atomic E-state index is -0.511. The highest BCUT2D eigenvalue weighted by atomic mass is 32.2. The van der Waals surface area contributed by atoms with Gasteiger partial charge >= 0.3 is 0 Å². The van der Waals surface area contributed by atoms with Crippen LogP contribution in [0.15, 0.2) is 41.3 Å². The number of amides is 2. The highest BCUT2D eigenvalue weighted by Gasteiger charge is 2.29. The molecule has 4 rings (SSSR count). The van der Waals surface area contributed by atoms with Crippen LogP contribution < -0.4 is 24.8 Å². The Morgan fingerprint density at radius 2 is 2.12 bits per heavy atom. The van der Waals surface area contributed by atoms with E-state index in [0.717, 1.165) is 10.6 Å². The van der Waals surface area contributed by atoms with Gasteiger partial charge in [-0.2, -0.15) is 0 Å². The van der Waals surface area contributed by atoms with Crippen molar-refractivity contribution in [2.75, 3.05) is 24.5 Å². The highest BCUT2D eigenvalue weighted by Crippen LogP contribution is 2.39. The molecule has 0 unspecified atom stereocenters. The normalized spacial score (nSPS) is 17.3. The summed E-state index contributed by atoms with van der Waals surface area (Å²) in [6.45, 7) is 0.175. The van der Waals surface area contributed by atoms with E-state index in [2.05, 4.69) is 10.6 Å². The number of carbonyl (C=O) groups excluding carboxylic acids is 2. The van der Waals surface area contributed by atoms with E-state index in [1.807, 2.05) is 6.07 Å². The summed E-state index contributed by atoms with van der Waals surface area (Å²) in [7, 11) is 1.59. The van der Waals surface area contributed by atoms with Crippen molar-refractivity contribution < 1.29 is 23.8 Å². The van der Waals surface area contributed by atoms with Gasteiger partial charge in [0, 0.05) is 23.1 Å². The number of hydrogen-bond acceptors (Lipinski definition) is 6. The third kappa shape index (κ3) is 3.28. The number of rotatable bonds is 4. The summed E-state index contributed by atoms with van der Waals surface area (Å²) in [6, 6.07) is 10.6. The summed E-state index contributed by atoms with van der Waals surface area (Å²) >= 11 is 1.36. The van der Waals surface area contributed by atoms with E-state index in [1.165, 1.54) is 11.8 Å². The van der Waals surface area contributed by atoms with E-state index < -0.39 is 5.25 Å². The van der Waals surface area contributed by atoms with E-state index in [9.17, 15) is 9.59 Å². The molecule has 26 heavy (non-hydrogen) atoms. The van der Waals surface area contributed by atoms with E-state index in [4.69, 9.17) is 14.2 Å². The second-order valence-electron chi connectivity index (χ2n) is 5.78. The smallest absolute Gasteiger partial charge is 0.238 e. The molecule has 2 aromatic rings. The minimum absolute atomic E-state index is 0.0571.